The van der Waals surface area contributed by atoms with Gasteiger partial charge in [0, 0.05) is 17.7 Å². The van der Waals surface area contributed by atoms with E-state index in [1.54, 1.807) is 0 Å². The number of aromatic nitrogens is 1. The second-order valence-electron chi connectivity index (χ2n) is 4.44. The molecule has 0 spiro atoms. The van der Waals surface area contributed by atoms with Crippen molar-refractivity contribution < 1.29 is 28.5 Å². The van der Waals surface area contributed by atoms with Crippen LogP contribution < -0.4 is 28.5 Å². The van der Waals surface area contributed by atoms with E-state index in [2.05, 4.69) is 73.3 Å². The molecule has 0 unspecified atom stereocenters. The molecule has 1 aromatic heterocycles. The standard InChI is InChI=1S/C15H18N.HI/c1-13(2)15-8-10-16(11-9-15)12-14-6-4-3-5-7-14;/h3-11,13H,12H2,1-2H3;1H/q+1;/p-1. The van der Waals surface area contributed by atoms with Crippen LogP contribution in [-0.2, 0) is 6.54 Å². The van der Waals surface area contributed by atoms with Crippen molar-refractivity contribution >= 4 is 0 Å². The lowest BCUT2D eigenvalue weighted by molar-refractivity contribution is -0.688. The number of hydrogen-bond acceptors (Lipinski definition) is 0. The summed E-state index contributed by atoms with van der Waals surface area (Å²) in [5.74, 6) is 0.603. The van der Waals surface area contributed by atoms with Crippen molar-refractivity contribution in [3.8, 4) is 0 Å². The molecule has 0 aliphatic carbocycles. The molecule has 90 valence electrons. The first-order valence-electron chi connectivity index (χ1n) is 5.78. The fourth-order valence-corrected chi connectivity index (χ4v) is 1.75. The number of rotatable bonds is 3. The van der Waals surface area contributed by atoms with Crippen molar-refractivity contribution in [1.82, 2.24) is 0 Å². The highest BCUT2D eigenvalue weighted by molar-refractivity contribution is 5.14. The van der Waals surface area contributed by atoms with Gasteiger partial charge < -0.3 is 24.0 Å². The minimum Gasteiger partial charge on any atom is -1.00 e. The molecule has 0 amide bonds. The lowest BCUT2D eigenvalue weighted by Gasteiger charge is -2.03. The molecule has 0 saturated heterocycles. The summed E-state index contributed by atoms with van der Waals surface area (Å²) in [6, 6.07) is 14.9. The van der Waals surface area contributed by atoms with Gasteiger partial charge in [0.05, 0.1) is 0 Å². The van der Waals surface area contributed by atoms with Gasteiger partial charge in [-0.25, -0.2) is 4.57 Å². The molecule has 1 aromatic carbocycles. The molecule has 1 heterocycles. The Morgan fingerprint density at radius 2 is 1.53 bits per heavy atom. The summed E-state index contributed by atoms with van der Waals surface area (Å²) in [6.07, 6.45) is 4.31. The monoisotopic (exact) mass is 339 g/mol. The Morgan fingerprint density at radius 1 is 0.941 bits per heavy atom. The van der Waals surface area contributed by atoms with E-state index in [0.717, 1.165) is 6.54 Å². The molecule has 0 saturated carbocycles. The zero-order valence-electron chi connectivity index (χ0n) is 10.3. The maximum atomic E-state index is 2.22. The van der Waals surface area contributed by atoms with Crippen LogP contribution in [0.25, 0.3) is 0 Å². The first-order valence-corrected chi connectivity index (χ1v) is 5.78. The Bertz CT molecular complexity index is 434. The molecule has 0 N–H and O–H groups in total. The Kier molecular flexibility index (Phi) is 5.62. The van der Waals surface area contributed by atoms with Gasteiger partial charge in [-0.15, -0.1) is 0 Å². The molecule has 0 radical (unpaired) electrons. The molecule has 17 heavy (non-hydrogen) atoms. The van der Waals surface area contributed by atoms with Gasteiger partial charge in [0.25, 0.3) is 0 Å². The summed E-state index contributed by atoms with van der Waals surface area (Å²) in [5.41, 5.74) is 2.73. The van der Waals surface area contributed by atoms with Gasteiger partial charge in [-0.05, 0) is 11.5 Å². The Morgan fingerprint density at radius 3 is 2.06 bits per heavy atom. The van der Waals surface area contributed by atoms with Crippen LogP contribution in [0.4, 0.5) is 0 Å². The van der Waals surface area contributed by atoms with E-state index in [9.17, 15) is 0 Å². The van der Waals surface area contributed by atoms with Crippen molar-refractivity contribution in [2.45, 2.75) is 26.3 Å². The first-order chi connectivity index (χ1) is 7.75. The van der Waals surface area contributed by atoms with Gasteiger partial charge in [-0.3, -0.25) is 0 Å². The summed E-state index contributed by atoms with van der Waals surface area (Å²) in [4.78, 5) is 0. The molecule has 1 nitrogen and oxygen atoms in total. The minimum absolute atomic E-state index is 0. The Balaban J connectivity index is 0.00000144. The third-order valence-corrected chi connectivity index (χ3v) is 2.79. The third-order valence-electron chi connectivity index (χ3n) is 2.79. The molecular formula is C15H18IN. The summed E-state index contributed by atoms with van der Waals surface area (Å²) in [7, 11) is 0. The lowest BCUT2D eigenvalue weighted by Crippen LogP contribution is -3.00. The lowest BCUT2D eigenvalue weighted by atomic mass is 10.1. The summed E-state index contributed by atoms with van der Waals surface area (Å²) in [6.45, 7) is 5.38. The normalized spacial score (nSPS) is 10.1. The zero-order valence-corrected chi connectivity index (χ0v) is 12.5. The number of benzene rings is 1. The van der Waals surface area contributed by atoms with Crippen LogP contribution >= 0.6 is 0 Å². The van der Waals surface area contributed by atoms with Crippen molar-refractivity contribution in [2.75, 3.05) is 0 Å². The highest BCUT2D eigenvalue weighted by Crippen LogP contribution is 2.11. The van der Waals surface area contributed by atoms with Crippen LogP contribution in [0.15, 0.2) is 54.9 Å². The number of halogens is 1. The predicted octanol–water partition coefficient (Wildman–Crippen LogP) is 0.150. The maximum absolute atomic E-state index is 2.22. The summed E-state index contributed by atoms with van der Waals surface area (Å²) in [5, 5.41) is 0. The molecule has 0 fully saturated rings. The number of nitrogens with zero attached hydrogens (tertiary/aromatic N) is 1. The molecule has 0 atom stereocenters. The first kappa shape index (κ1) is 14.2. The third kappa shape index (κ3) is 4.11. The molecule has 0 aliphatic heterocycles. The average molecular weight is 339 g/mol. The van der Waals surface area contributed by atoms with E-state index in [1.807, 2.05) is 0 Å². The van der Waals surface area contributed by atoms with Gasteiger partial charge >= 0.3 is 0 Å². The zero-order chi connectivity index (χ0) is 11.4. The molecular weight excluding hydrogens is 321 g/mol. The second kappa shape index (κ2) is 6.74. The van der Waals surface area contributed by atoms with Crippen LogP contribution in [0, 0.1) is 0 Å². The molecule has 2 heteroatoms. The fraction of sp³-hybridized carbons (Fsp3) is 0.267. The molecule has 0 aliphatic rings. The van der Waals surface area contributed by atoms with Crippen LogP contribution in [0.2, 0.25) is 0 Å². The van der Waals surface area contributed by atoms with E-state index < -0.39 is 0 Å². The van der Waals surface area contributed by atoms with E-state index in [-0.39, 0.29) is 24.0 Å². The SMILES string of the molecule is CC(C)c1cc[n+](Cc2ccccc2)cc1.[I-]. The van der Waals surface area contributed by atoms with Crippen molar-refractivity contribution in [1.29, 1.82) is 0 Å². The van der Waals surface area contributed by atoms with Crippen LogP contribution in [0.5, 0.6) is 0 Å². The topological polar surface area (TPSA) is 3.88 Å². The molecule has 0 bridgehead atoms. The van der Waals surface area contributed by atoms with Gasteiger partial charge in [0.2, 0.25) is 0 Å². The van der Waals surface area contributed by atoms with Gasteiger partial charge in [0.1, 0.15) is 0 Å². The smallest absolute Gasteiger partial charge is 0.173 e. The Labute approximate surface area is 121 Å². The minimum atomic E-state index is 0. The van der Waals surface area contributed by atoms with Crippen molar-refractivity contribution in [3.63, 3.8) is 0 Å². The second-order valence-corrected chi connectivity index (χ2v) is 4.44. The average Bonchev–Trinajstić information content (AvgIpc) is 2.31. The summed E-state index contributed by atoms with van der Waals surface area (Å²) >= 11 is 0. The van der Waals surface area contributed by atoms with E-state index in [1.165, 1.54) is 11.1 Å². The highest BCUT2D eigenvalue weighted by Gasteiger charge is 2.04. The molecule has 2 rings (SSSR count). The van der Waals surface area contributed by atoms with Crippen molar-refractivity contribution in [3.05, 3.63) is 66.0 Å². The number of hydrogen-bond donors (Lipinski definition) is 0. The quantitative estimate of drug-likeness (QED) is 0.554. The van der Waals surface area contributed by atoms with Crippen LogP contribution in [0.3, 0.4) is 0 Å². The maximum Gasteiger partial charge on any atom is 0.173 e. The van der Waals surface area contributed by atoms with Crippen LogP contribution in [0.1, 0.15) is 30.9 Å². The van der Waals surface area contributed by atoms with E-state index >= 15 is 0 Å². The highest BCUT2D eigenvalue weighted by atomic mass is 127. The van der Waals surface area contributed by atoms with E-state index in [0.29, 0.717) is 5.92 Å². The van der Waals surface area contributed by atoms with Gasteiger partial charge in [0.15, 0.2) is 18.9 Å². The Hall–Kier alpha value is -0.900. The van der Waals surface area contributed by atoms with E-state index in [4.69, 9.17) is 0 Å². The van der Waals surface area contributed by atoms with Gasteiger partial charge in [-0.1, -0.05) is 44.2 Å². The summed E-state index contributed by atoms with van der Waals surface area (Å²) < 4.78 is 2.21. The number of pyridine rings is 1. The van der Waals surface area contributed by atoms with Crippen molar-refractivity contribution in [2.24, 2.45) is 0 Å². The largest absolute Gasteiger partial charge is 1.00 e. The fourth-order valence-electron chi connectivity index (χ4n) is 1.75. The van der Waals surface area contributed by atoms with Gasteiger partial charge in [-0.2, -0.15) is 0 Å². The molecule has 2 aromatic rings. The van der Waals surface area contributed by atoms with Crippen LogP contribution in [-0.4, -0.2) is 0 Å². The predicted molar refractivity (Wildman–Crippen MR) is 66.3 cm³/mol.